The van der Waals surface area contributed by atoms with Crippen LogP contribution in [0.4, 0.5) is 0 Å². The van der Waals surface area contributed by atoms with Crippen molar-refractivity contribution in [3.8, 4) is 0 Å². The molecule has 0 amide bonds. The average molecular weight is 349 g/mol. The summed E-state index contributed by atoms with van der Waals surface area (Å²) < 4.78 is 0. The van der Waals surface area contributed by atoms with Gasteiger partial charge in [-0.05, 0) is 25.5 Å². The van der Waals surface area contributed by atoms with Gasteiger partial charge in [-0.15, -0.1) is 0 Å². The zero-order valence-corrected chi connectivity index (χ0v) is 16.2. The van der Waals surface area contributed by atoms with Crippen LogP contribution in [0.25, 0.3) is 0 Å². The van der Waals surface area contributed by atoms with Crippen LogP contribution >= 0.6 is 0 Å². The van der Waals surface area contributed by atoms with E-state index in [1.807, 2.05) is 19.1 Å². The van der Waals surface area contributed by atoms with Gasteiger partial charge in [0.15, 0.2) is 0 Å². The number of aryl methyl sites for hydroxylation is 1. The maximum Gasteiger partial charge on any atom is 0.373 e. The van der Waals surface area contributed by atoms with Crippen LogP contribution in [0.15, 0.2) is 24.3 Å². The first-order valence-electron chi connectivity index (χ1n) is 10.1. The van der Waals surface area contributed by atoms with Crippen molar-refractivity contribution >= 4 is 5.97 Å². The number of hydrogen-bond acceptors (Lipinski definition) is 3. The van der Waals surface area contributed by atoms with Crippen molar-refractivity contribution in [3.05, 3.63) is 35.4 Å². The summed E-state index contributed by atoms with van der Waals surface area (Å²) >= 11 is 0. The van der Waals surface area contributed by atoms with E-state index in [0.29, 0.717) is 12.2 Å². The van der Waals surface area contributed by atoms with E-state index in [2.05, 4.69) is 6.92 Å². The molecule has 0 unspecified atom stereocenters. The monoisotopic (exact) mass is 348 g/mol. The number of rotatable bonds is 15. The van der Waals surface area contributed by atoms with E-state index in [1.54, 1.807) is 12.1 Å². The Morgan fingerprint density at radius 2 is 1.40 bits per heavy atom. The molecule has 0 saturated heterocycles. The Balaban J connectivity index is 1.85. The van der Waals surface area contributed by atoms with E-state index in [4.69, 9.17) is 9.78 Å². The highest BCUT2D eigenvalue weighted by Gasteiger charge is 2.07. The molecule has 3 nitrogen and oxygen atoms in total. The molecule has 1 rings (SSSR count). The minimum absolute atomic E-state index is 0.414. The number of carbonyl (C=O) groups excluding carboxylic acids is 1. The summed E-state index contributed by atoms with van der Waals surface area (Å²) in [4.78, 5) is 21.6. The first-order chi connectivity index (χ1) is 12.2. The van der Waals surface area contributed by atoms with Gasteiger partial charge >= 0.3 is 5.97 Å². The lowest BCUT2D eigenvalue weighted by atomic mass is 10.1. The van der Waals surface area contributed by atoms with Crippen molar-refractivity contribution in [2.24, 2.45) is 0 Å². The molecule has 1 aromatic carbocycles. The molecular weight excluding hydrogens is 312 g/mol. The number of hydrogen-bond donors (Lipinski definition) is 0. The summed E-state index contributed by atoms with van der Waals surface area (Å²) in [5.74, 6) is -0.414. The average Bonchev–Trinajstić information content (AvgIpc) is 2.62. The molecule has 0 heterocycles. The molecule has 0 bridgehead atoms. The second kappa shape index (κ2) is 14.9. The van der Waals surface area contributed by atoms with Gasteiger partial charge in [0.25, 0.3) is 0 Å². The highest BCUT2D eigenvalue weighted by atomic mass is 17.2. The molecule has 1 aromatic rings. The minimum atomic E-state index is -0.414. The Morgan fingerprint density at radius 3 is 1.96 bits per heavy atom. The quantitative estimate of drug-likeness (QED) is 0.199. The van der Waals surface area contributed by atoms with Crippen LogP contribution in [0.1, 0.15) is 99.9 Å². The van der Waals surface area contributed by atoms with Gasteiger partial charge in [0.2, 0.25) is 0 Å². The Hall–Kier alpha value is -1.35. The molecule has 0 saturated carbocycles. The number of benzene rings is 1. The maximum atomic E-state index is 11.8. The second-order valence-electron chi connectivity index (χ2n) is 6.95. The van der Waals surface area contributed by atoms with Gasteiger partial charge in [0.1, 0.15) is 0 Å². The summed E-state index contributed by atoms with van der Waals surface area (Å²) in [5, 5.41) is 0. The fourth-order valence-electron chi connectivity index (χ4n) is 2.92. The number of unbranched alkanes of at least 4 members (excludes halogenated alkanes) is 11. The van der Waals surface area contributed by atoms with Gasteiger partial charge in [-0.3, -0.25) is 4.89 Å². The van der Waals surface area contributed by atoms with Crippen LogP contribution in [0.2, 0.25) is 0 Å². The first kappa shape index (κ1) is 21.7. The lowest BCUT2D eigenvalue weighted by Crippen LogP contribution is -2.07. The van der Waals surface area contributed by atoms with Crippen molar-refractivity contribution in [2.75, 3.05) is 6.61 Å². The lowest BCUT2D eigenvalue weighted by Gasteiger charge is -2.05. The van der Waals surface area contributed by atoms with Gasteiger partial charge in [0.05, 0.1) is 12.2 Å². The predicted molar refractivity (Wildman–Crippen MR) is 104 cm³/mol. The minimum Gasteiger partial charge on any atom is -0.293 e. The highest BCUT2D eigenvalue weighted by Crippen LogP contribution is 2.12. The fraction of sp³-hybridized carbons (Fsp3) is 0.682. The molecule has 0 N–H and O–H groups in total. The van der Waals surface area contributed by atoms with E-state index in [9.17, 15) is 4.79 Å². The van der Waals surface area contributed by atoms with Gasteiger partial charge < -0.3 is 0 Å². The van der Waals surface area contributed by atoms with E-state index in [-0.39, 0.29) is 0 Å². The van der Waals surface area contributed by atoms with Crippen LogP contribution in [0.3, 0.4) is 0 Å². The highest BCUT2D eigenvalue weighted by molar-refractivity contribution is 5.89. The van der Waals surface area contributed by atoms with Crippen LogP contribution in [-0.2, 0) is 9.78 Å². The zero-order chi connectivity index (χ0) is 18.2. The van der Waals surface area contributed by atoms with Gasteiger partial charge in [0, 0.05) is 0 Å². The van der Waals surface area contributed by atoms with Crippen LogP contribution in [-0.4, -0.2) is 12.6 Å². The summed E-state index contributed by atoms with van der Waals surface area (Å²) in [5.41, 5.74) is 1.57. The van der Waals surface area contributed by atoms with Crippen LogP contribution in [0, 0.1) is 6.92 Å². The number of carbonyl (C=O) groups is 1. The van der Waals surface area contributed by atoms with Crippen LogP contribution in [0.5, 0.6) is 0 Å². The molecule has 0 fully saturated rings. The van der Waals surface area contributed by atoms with Gasteiger partial charge in [-0.25, -0.2) is 4.79 Å². The van der Waals surface area contributed by atoms with E-state index in [0.717, 1.165) is 18.4 Å². The van der Waals surface area contributed by atoms with Gasteiger partial charge in [-0.2, -0.15) is 4.89 Å². The predicted octanol–water partition coefficient (Wildman–Crippen LogP) is 6.78. The van der Waals surface area contributed by atoms with E-state index in [1.165, 1.54) is 64.2 Å². The molecule has 0 spiro atoms. The topological polar surface area (TPSA) is 35.5 Å². The summed E-state index contributed by atoms with van der Waals surface area (Å²) in [6.07, 6.45) is 15.7. The third kappa shape index (κ3) is 11.8. The van der Waals surface area contributed by atoms with E-state index >= 15 is 0 Å². The Labute approximate surface area is 154 Å². The molecule has 0 atom stereocenters. The van der Waals surface area contributed by atoms with Crippen molar-refractivity contribution < 1.29 is 14.6 Å². The lowest BCUT2D eigenvalue weighted by molar-refractivity contribution is -0.241. The second-order valence-corrected chi connectivity index (χ2v) is 6.95. The summed E-state index contributed by atoms with van der Waals surface area (Å²) in [7, 11) is 0. The normalized spacial score (nSPS) is 10.8. The standard InChI is InChI=1S/C22H36O3/c1-3-4-5-6-7-8-9-10-11-12-13-14-18-24-25-22(23)21-17-15-16-20(2)19-21/h15-17,19H,3-14,18H2,1-2H3. The summed E-state index contributed by atoms with van der Waals surface area (Å²) in [6.45, 7) is 4.69. The zero-order valence-electron chi connectivity index (χ0n) is 16.2. The largest absolute Gasteiger partial charge is 0.373 e. The Morgan fingerprint density at radius 1 is 0.840 bits per heavy atom. The molecule has 142 valence electrons. The van der Waals surface area contributed by atoms with Crippen molar-refractivity contribution in [1.82, 2.24) is 0 Å². The maximum absolute atomic E-state index is 11.8. The van der Waals surface area contributed by atoms with Crippen molar-refractivity contribution in [1.29, 1.82) is 0 Å². The molecule has 0 aliphatic rings. The van der Waals surface area contributed by atoms with Crippen LogP contribution < -0.4 is 0 Å². The van der Waals surface area contributed by atoms with E-state index < -0.39 is 5.97 Å². The third-order valence-corrected chi connectivity index (χ3v) is 4.47. The third-order valence-electron chi connectivity index (χ3n) is 4.47. The molecule has 25 heavy (non-hydrogen) atoms. The molecule has 0 aliphatic carbocycles. The van der Waals surface area contributed by atoms with Gasteiger partial charge in [-0.1, -0.05) is 95.2 Å². The summed E-state index contributed by atoms with van der Waals surface area (Å²) in [6, 6.07) is 7.33. The van der Waals surface area contributed by atoms with Crippen molar-refractivity contribution in [2.45, 2.75) is 90.9 Å². The Kier molecular flexibility index (Phi) is 13.0. The smallest absolute Gasteiger partial charge is 0.293 e. The first-order valence-corrected chi connectivity index (χ1v) is 10.1. The molecular formula is C22H36O3. The molecule has 3 heteroatoms. The SMILES string of the molecule is CCCCCCCCCCCCCCOOC(=O)c1cccc(C)c1. The fourth-order valence-corrected chi connectivity index (χ4v) is 2.92. The Bertz CT molecular complexity index is 456. The molecule has 0 aliphatic heterocycles. The molecule has 0 radical (unpaired) electrons. The molecule has 0 aromatic heterocycles. The van der Waals surface area contributed by atoms with Crippen molar-refractivity contribution in [3.63, 3.8) is 0 Å².